The van der Waals surface area contributed by atoms with Crippen LogP contribution in [0.4, 0.5) is 30.6 Å². The van der Waals surface area contributed by atoms with Crippen molar-refractivity contribution in [2.24, 2.45) is 0 Å². The normalized spacial score (nSPS) is 10.8. The van der Waals surface area contributed by atoms with E-state index in [-0.39, 0.29) is 11.4 Å². The number of ether oxygens (including phenoxy) is 1. The Hall–Kier alpha value is -3.36. The fraction of sp³-hybridized carbons (Fsp3) is 0.211. The van der Waals surface area contributed by atoms with Crippen LogP contribution in [0, 0.1) is 5.95 Å². The molecule has 0 aliphatic heterocycles. The fourth-order valence-corrected chi connectivity index (χ4v) is 2.40. The minimum atomic E-state index is -2.89. The maximum Gasteiger partial charge on any atom is 0.387 e. The first-order chi connectivity index (χ1) is 13.5. The van der Waals surface area contributed by atoms with Gasteiger partial charge in [0.2, 0.25) is 11.9 Å². The largest absolute Gasteiger partial charge is 0.435 e. The van der Waals surface area contributed by atoms with Gasteiger partial charge < -0.3 is 15.0 Å². The van der Waals surface area contributed by atoms with Gasteiger partial charge in [-0.1, -0.05) is 12.1 Å². The van der Waals surface area contributed by atoms with Gasteiger partial charge in [0, 0.05) is 31.5 Å². The summed E-state index contributed by atoms with van der Waals surface area (Å²) >= 11 is 0. The highest BCUT2D eigenvalue weighted by Crippen LogP contribution is 2.27. The van der Waals surface area contributed by atoms with Crippen LogP contribution in [0.15, 0.2) is 48.8 Å². The van der Waals surface area contributed by atoms with E-state index >= 15 is 0 Å². The maximum absolute atomic E-state index is 14.2. The molecule has 1 aromatic carbocycles. The Bertz CT molecular complexity index is 937. The summed E-state index contributed by atoms with van der Waals surface area (Å²) in [5.74, 6) is 0.279. The quantitative estimate of drug-likeness (QED) is 0.601. The van der Waals surface area contributed by atoms with Crippen LogP contribution in [0.3, 0.4) is 0 Å². The van der Waals surface area contributed by atoms with Crippen molar-refractivity contribution in [1.29, 1.82) is 0 Å². The Morgan fingerprint density at radius 1 is 1.11 bits per heavy atom. The third kappa shape index (κ3) is 4.67. The number of hydrogen-bond donors (Lipinski definition) is 1. The number of pyridine rings is 1. The first-order valence-corrected chi connectivity index (χ1v) is 8.48. The number of alkyl halides is 2. The molecule has 0 saturated carbocycles. The lowest BCUT2D eigenvalue weighted by atomic mass is 10.1. The molecule has 0 amide bonds. The molecule has 0 spiro atoms. The van der Waals surface area contributed by atoms with E-state index < -0.39 is 12.6 Å². The summed E-state index contributed by atoms with van der Waals surface area (Å²) in [5.41, 5.74) is 1.41. The van der Waals surface area contributed by atoms with Gasteiger partial charge in [0.25, 0.3) is 0 Å². The molecule has 1 N–H and O–H groups in total. The van der Waals surface area contributed by atoms with Crippen molar-refractivity contribution in [1.82, 2.24) is 15.0 Å². The predicted molar refractivity (Wildman–Crippen MR) is 101 cm³/mol. The van der Waals surface area contributed by atoms with Gasteiger partial charge in [-0.2, -0.15) is 18.2 Å². The van der Waals surface area contributed by atoms with Gasteiger partial charge in [-0.05, 0) is 36.8 Å². The maximum atomic E-state index is 14.2. The second-order valence-corrected chi connectivity index (χ2v) is 5.85. The highest BCUT2D eigenvalue weighted by molar-refractivity contribution is 5.69. The number of benzene rings is 1. The number of anilines is 3. The van der Waals surface area contributed by atoms with Crippen molar-refractivity contribution >= 4 is 17.5 Å². The van der Waals surface area contributed by atoms with Crippen molar-refractivity contribution < 1.29 is 17.9 Å². The molecular weight excluding hydrogens is 371 g/mol. The van der Waals surface area contributed by atoms with E-state index in [1.165, 1.54) is 18.3 Å². The Balaban J connectivity index is 1.84. The average molecular weight is 389 g/mol. The van der Waals surface area contributed by atoms with Gasteiger partial charge in [0.1, 0.15) is 11.6 Å². The zero-order valence-corrected chi connectivity index (χ0v) is 15.2. The molecule has 0 unspecified atom stereocenters. The summed E-state index contributed by atoms with van der Waals surface area (Å²) in [6.07, 6.45) is 2.94. The molecule has 0 radical (unpaired) electrons. The van der Waals surface area contributed by atoms with Crippen LogP contribution in [0.5, 0.6) is 5.75 Å². The fourth-order valence-electron chi connectivity index (χ4n) is 2.40. The number of aromatic nitrogens is 3. The van der Waals surface area contributed by atoms with Gasteiger partial charge in [0.05, 0.1) is 5.69 Å². The summed E-state index contributed by atoms with van der Waals surface area (Å²) in [7, 11) is 1.85. The Morgan fingerprint density at radius 3 is 2.54 bits per heavy atom. The van der Waals surface area contributed by atoms with Gasteiger partial charge in [-0.25, -0.2) is 9.97 Å². The topological polar surface area (TPSA) is 63.2 Å². The summed E-state index contributed by atoms with van der Waals surface area (Å²) in [5, 5.41) is 2.90. The van der Waals surface area contributed by atoms with Crippen molar-refractivity contribution in [3.8, 4) is 16.9 Å². The van der Waals surface area contributed by atoms with Gasteiger partial charge in [-0.15, -0.1) is 0 Å². The van der Waals surface area contributed by atoms with E-state index in [9.17, 15) is 13.2 Å². The smallest absolute Gasteiger partial charge is 0.387 e. The zero-order chi connectivity index (χ0) is 20.1. The highest BCUT2D eigenvalue weighted by Gasteiger charge is 2.10. The van der Waals surface area contributed by atoms with E-state index in [1.807, 2.05) is 18.9 Å². The van der Waals surface area contributed by atoms with Crippen molar-refractivity contribution in [2.45, 2.75) is 13.5 Å². The van der Waals surface area contributed by atoms with Crippen LogP contribution in [0.25, 0.3) is 11.1 Å². The number of hydrogen-bond acceptors (Lipinski definition) is 6. The third-order valence-corrected chi connectivity index (χ3v) is 3.97. The van der Waals surface area contributed by atoms with E-state index in [4.69, 9.17) is 0 Å². The molecule has 0 aliphatic rings. The van der Waals surface area contributed by atoms with E-state index in [0.29, 0.717) is 22.9 Å². The molecule has 0 fully saturated rings. The van der Waals surface area contributed by atoms with Crippen LogP contribution in [-0.2, 0) is 0 Å². The summed E-state index contributed by atoms with van der Waals surface area (Å²) < 4.78 is 43.0. The number of nitrogens with zero attached hydrogens (tertiary/aromatic N) is 4. The average Bonchev–Trinajstić information content (AvgIpc) is 2.69. The number of nitrogens with one attached hydrogen (secondary N) is 1. The lowest BCUT2D eigenvalue weighted by molar-refractivity contribution is -0.0498. The SMILES string of the molecule is CCN(C)c1nccc(Nc2cc(-c3ccc(OC(F)F)cc3)cnc2F)n1. The molecule has 146 valence electrons. The Labute approximate surface area is 160 Å². The lowest BCUT2D eigenvalue weighted by Crippen LogP contribution is -2.18. The molecule has 0 atom stereocenters. The van der Waals surface area contributed by atoms with Crippen LogP contribution in [-0.4, -0.2) is 35.2 Å². The van der Waals surface area contributed by atoms with Crippen LogP contribution < -0.4 is 15.0 Å². The van der Waals surface area contributed by atoms with Crippen LogP contribution in [0.1, 0.15) is 6.92 Å². The highest BCUT2D eigenvalue weighted by atomic mass is 19.3. The van der Waals surface area contributed by atoms with Crippen LogP contribution in [0.2, 0.25) is 0 Å². The number of halogens is 3. The minimum Gasteiger partial charge on any atom is -0.435 e. The molecule has 6 nitrogen and oxygen atoms in total. The lowest BCUT2D eigenvalue weighted by Gasteiger charge is -2.15. The summed E-state index contributed by atoms with van der Waals surface area (Å²) in [6.45, 7) is -0.201. The first-order valence-electron chi connectivity index (χ1n) is 8.48. The molecule has 2 heterocycles. The molecule has 0 saturated heterocycles. The van der Waals surface area contributed by atoms with E-state index in [2.05, 4.69) is 25.0 Å². The van der Waals surface area contributed by atoms with E-state index in [0.717, 1.165) is 6.54 Å². The Kier molecular flexibility index (Phi) is 5.93. The third-order valence-electron chi connectivity index (χ3n) is 3.97. The number of rotatable bonds is 7. The molecular formula is C19H18F3N5O. The molecule has 2 aromatic heterocycles. The first kappa shape index (κ1) is 19.4. The molecule has 0 aliphatic carbocycles. The summed E-state index contributed by atoms with van der Waals surface area (Å²) in [4.78, 5) is 14.1. The van der Waals surface area contributed by atoms with Crippen LogP contribution >= 0.6 is 0 Å². The van der Waals surface area contributed by atoms with Crippen molar-refractivity contribution in [2.75, 3.05) is 23.8 Å². The second kappa shape index (κ2) is 8.55. The summed E-state index contributed by atoms with van der Waals surface area (Å²) in [6, 6.07) is 9.20. The zero-order valence-electron chi connectivity index (χ0n) is 15.2. The van der Waals surface area contributed by atoms with Gasteiger partial charge in [0.15, 0.2) is 0 Å². The minimum absolute atomic E-state index is 0.0423. The molecule has 9 heteroatoms. The van der Waals surface area contributed by atoms with Gasteiger partial charge >= 0.3 is 6.61 Å². The standard InChI is InChI=1S/C19H18F3N5O/c1-3-27(2)19-23-9-8-16(26-19)25-15-10-13(11-24-17(15)20)12-4-6-14(7-5-12)28-18(21)22/h4-11,18H,3H2,1-2H3,(H,23,25,26). The second-order valence-electron chi connectivity index (χ2n) is 5.85. The van der Waals surface area contributed by atoms with Crippen molar-refractivity contribution in [3.63, 3.8) is 0 Å². The molecule has 28 heavy (non-hydrogen) atoms. The molecule has 3 rings (SSSR count). The predicted octanol–water partition coefficient (Wildman–Crippen LogP) is 4.48. The molecule has 0 bridgehead atoms. The van der Waals surface area contributed by atoms with Crippen molar-refractivity contribution in [3.05, 3.63) is 54.7 Å². The molecule has 3 aromatic rings. The van der Waals surface area contributed by atoms with E-state index in [1.54, 1.807) is 30.5 Å². The van der Waals surface area contributed by atoms with Gasteiger partial charge in [-0.3, -0.25) is 0 Å². The monoisotopic (exact) mass is 389 g/mol. The Morgan fingerprint density at radius 2 is 1.86 bits per heavy atom.